The van der Waals surface area contributed by atoms with E-state index in [2.05, 4.69) is 0 Å². The molecule has 5 nitrogen and oxygen atoms in total. The molecule has 0 unspecified atom stereocenters. The van der Waals surface area contributed by atoms with Crippen LogP contribution in [0.4, 0.5) is 0 Å². The summed E-state index contributed by atoms with van der Waals surface area (Å²) in [6.45, 7) is 1.88. The topological polar surface area (TPSA) is 157 Å². The van der Waals surface area contributed by atoms with Gasteiger partial charge in [0.05, 0.1) is 0 Å². The van der Waals surface area contributed by atoms with Crippen molar-refractivity contribution in [1.29, 1.82) is 0 Å². The minimum atomic E-state index is 0. The van der Waals surface area contributed by atoms with Crippen molar-refractivity contribution in [3.05, 3.63) is 6.54 Å². The summed E-state index contributed by atoms with van der Waals surface area (Å²) in [5.41, 5.74) is 9.62. The molecule has 0 aliphatic carbocycles. The smallest absolute Gasteiger partial charge is 0.482 e. The average Bonchev–Trinajstić information content (AvgIpc) is 1.37. The fourth-order valence-corrected chi connectivity index (χ4v) is 0. The van der Waals surface area contributed by atoms with Gasteiger partial charge in [0.1, 0.15) is 0 Å². The summed E-state index contributed by atoms with van der Waals surface area (Å²) in [6, 6.07) is 0. The van der Waals surface area contributed by atoms with Crippen molar-refractivity contribution in [2.24, 2.45) is 11.5 Å². The maximum Gasteiger partial charge on any atom is 1.00 e. The largest absolute Gasteiger partial charge is 1.00 e. The average molecular weight is 133 g/mol. The Morgan fingerprint density at radius 2 is 1.25 bits per heavy atom. The van der Waals surface area contributed by atoms with Crippen LogP contribution >= 0.6 is 0 Å². The third kappa shape index (κ3) is 70.6. The molecule has 0 spiro atoms. The number of rotatable bonds is 1. The molecular weight excluding hydrogens is 117 g/mol. The van der Waals surface area contributed by atoms with Gasteiger partial charge in [-0.1, -0.05) is 0 Å². The van der Waals surface area contributed by atoms with Crippen molar-refractivity contribution in [2.75, 3.05) is 6.54 Å². The number of nitrogens with two attached hydrogens (primary N) is 2. The van der Waals surface area contributed by atoms with Crippen LogP contribution in [0.2, 0.25) is 0 Å². The van der Waals surface area contributed by atoms with Gasteiger partial charge in [0, 0.05) is 0 Å². The molecule has 50 valence electrons. The van der Waals surface area contributed by atoms with Gasteiger partial charge in [-0.05, 0) is 0 Å². The first-order chi connectivity index (χ1) is 1.91. The Bertz CT molecular complexity index is 12.4. The zero-order valence-electron chi connectivity index (χ0n) is 5.56. The SMILES string of the molecule is N.N.N.N[CH-]CN.[Na+]. The van der Waals surface area contributed by atoms with Crippen LogP contribution in [0.5, 0.6) is 0 Å². The van der Waals surface area contributed by atoms with Crippen molar-refractivity contribution < 1.29 is 29.6 Å². The fourth-order valence-electron chi connectivity index (χ4n) is 0. The van der Waals surface area contributed by atoms with E-state index in [9.17, 15) is 0 Å². The van der Waals surface area contributed by atoms with E-state index in [1.54, 1.807) is 0 Å². The Hall–Kier alpha value is 0.800. The fraction of sp³-hybridized carbons (Fsp3) is 0.500. The van der Waals surface area contributed by atoms with Gasteiger partial charge in [-0.2, -0.15) is 0 Å². The molecule has 0 bridgehead atoms. The van der Waals surface area contributed by atoms with E-state index < -0.39 is 0 Å². The third-order valence-corrected chi connectivity index (χ3v) is 0.136. The molecule has 0 atom stereocenters. The van der Waals surface area contributed by atoms with Crippen LogP contribution in [0.3, 0.4) is 0 Å². The predicted molar refractivity (Wildman–Crippen MR) is 32.6 cm³/mol. The molecule has 0 amide bonds. The molecule has 0 aromatic heterocycles. The summed E-state index contributed by atoms with van der Waals surface area (Å²) >= 11 is 0. The second-order valence-electron chi connectivity index (χ2n) is 0.471. The van der Waals surface area contributed by atoms with E-state index in [0.717, 1.165) is 0 Å². The Morgan fingerprint density at radius 3 is 1.25 bits per heavy atom. The van der Waals surface area contributed by atoms with Crippen molar-refractivity contribution in [2.45, 2.75) is 0 Å². The summed E-state index contributed by atoms with van der Waals surface area (Å²) < 4.78 is 0. The summed E-state index contributed by atoms with van der Waals surface area (Å²) in [5.74, 6) is 0. The van der Waals surface area contributed by atoms with Crippen molar-refractivity contribution in [3.63, 3.8) is 0 Å². The standard InChI is InChI=1S/C2H7N2.3H3N.Na/c3-1-2-4;;;;/h1H,2-4H2;3*1H3;/q-1;;;;+1. The Labute approximate surface area is 72.6 Å². The van der Waals surface area contributed by atoms with Crippen LogP contribution in [-0.4, -0.2) is 6.54 Å². The summed E-state index contributed by atoms with van der Waals surface area (Å²) in [6.07, 6.45) is 0. The van der Waals surface area contributed by atoms with Gasteiger partial charge in [0.2, 0.25) is 0 Å². The first-order valence-corrected chi connectivity index (χ1v) is 1.15. The van der Waals surface area contributed by atoms with E-state index in [4.69, 9.17) is 11.5 Å². The molecule has 0 saturated carbocycles. The van der Waals surface area contributed by atoms with E-state index in [1.165, 1.54) is 6.54 Å². The van der Waals surface area contributed by atoms with Gasteiger partial charge < -0.3 is 29.9 Å². The third-order valence-electron chi connectivity index (χ3n) is 0.136. The van der Waals surface area contributed by atoms with Gasteiger partial charge in [0.15, 0.2) is 0 Å². The second kappa shape index (κ2) is 46.0. The maximum atomic E-state index is 4.85. The van der Waals surface area contributed by atoms with E-state index in [-0.39, 0.29) is 48.0 Å². The number of hydrogen-bond donors (Lipinski definition) is 5. The van der Waals surface area contributed by atoms with Crippen LogP contribution in [0.15, 0.2) is 0 Å². The normalized spacial score (nSPS) is 3.75. The van der Waals surface area contributed by atoms with Crippen LogP contribution in [0.1, 0.15) is 0 Å². The van der Waals surface area contributed by atoms with Crippen molar-refractivity contribution >= 4 is 0 Å². The monoisotopic (exact) mass is 133 g/mol. The van der Waals surface area contributed by atoms with Crippen molar-refractivity contribution in [3.8, 4) is 0 Å². The Balaban J connectivity index is -0.00000000750. The van der Waals surface area contributed by atoms with E-state index in [1.807, 2.05) is 0 Å². The predicted octanol–water partition coefficient (Wildman–Crippen LogP) is -3.44. The minimum absolute atomic E-state index is 0. The molecule has 0 radical (unpaired) electrons. The van der Waals surface area contributed by atoms with Gasteiger partial charge in [0.25, 0.3) is 0 Å². The van der Waals surface area contributed by atoms with Gasteiger partial charge in [-0.25, -0.2) is 0 Å². The van der Waals surface area contributed by atoms with Crippen LogP contribution < -0.4 is 59.5 Å². The molecule has 13 N–H and O–H groups in total. The first-order valence-electron chi connectivity index (χ1n) is 1.15. The van der Waals surface area contributed by atoms with Crippen LogP contribution in [-0.2, 0) is 0 Å². The molecule has 8 heavy (non-hydrogen) atoms. The van der Waals surface area contributed by atoms with Gasteiger partial charge in [-0.15, -0.1) is 6.54 Å². The Kier molecular flexibility index (Phi) is 213. The molecule has 0 heterocycles. The Morgan fingerprint density at radius 1 is 1.12 bits per heavy atom. The molecule has 0 saturated heterocycles. The van der Waals surface area contributed by atoms with Gasteiger partial charge >= 0.3 is 29.6 Å². The van der Waals surface area contributed by atoms with Crippen molar-refractivity contribution in [1.82, 2.24) is 18.5 Å². The zero-order valence-corrected chi connectivity index (χ0v) is 7.56. The quantitative estimate of drug-likeness (QED) is 0.186. The molecule has 0 aliphatic heterocycles. The summed E-state index contributed by atoms with van der Waals surface area (Å²) in [5, 5.41) is 0. The summed E-state index contributed by atoms with van der Waals surface area (Å²) in [7, 11) is 0. The number of hydrogen-bond acceptors (Lipinski definition) is 5. The molecule has 0 aromatic rings. The van der Waals surface area contributed by atoms with Gasteiger partial charge in [-0.3, -0.25) is 6.54 Å². The van der Waals surface area contributed by atoms with Crippen LogP contribution in [0.25, 0.3) is 0 Å². The molecular formula is C2H16N5Na. The molecule has 0 rings (SSSR count). The maximum absolute atomic E-state index is 4.85. The molecule has 6 heteroatoms. The zero-order chi connectivity index (χ0) is 3.41. The molecule has 0 aromatic carbocycles. The van der Waals surface area contributed by atoms with Crippen LogP contribution in [0, 0.1) is 6.54 Å². The first kappa shape index (κ1) is 37.1. The molecule has 0 fully saturated rings. The van der Waals surface area contributed by atoms with E-state index in [0.29, 0.717) is 6.54 Å². The van der Waals surface area contributed by atoms with E-state index >= 15 is 0 Å². The summed E-state index contributed by atoms with van der Waals surface area (Å²) in [4.78, 5) is 0. The second-order valence-corrected chi connectivity index (χ2v) is 0.471. The minimum Gasteiger partial charge on any atom is -0.482 e. The molecule has 0 aliphatic rings.